The summed E-state index contributed by atoms with van der Waals surface area (Å²) in [6.07, 6.45) is 1.64. The molecule has 0 fully saturated rings. The Kier molecular flexibility index (Phi) is 4.49. The monoisotopic (exact) mass is 208 g/mol. The van der Waals surface area contributed by atoms with Crippen LogP contribution < -0.4 is 4.81 Å². The molecule has 0 atom stereocenters. The average Bonchev–Trinajstić information content (AvgIpc) is 2.30. The second-order valence-electron chi connectivity index (χ2n) is 2.95. The lowest BCUT2D eigenvalue weighted by Crippen LogP contribution is -2.43. The van der Waals surface area contributed by atoms with Crippen LogP contribution in [0.2, 0.25) is 0 Å². The molecule has 0 aliphatic carbocycles. The Labute approximate surface area is 91.0 Å². The summed E-state index contributed by atoms with van der Waals surface area (Å²) >= 11 is 0. The van der Waals surface area contributed by atoms with Gasteiger partial charge in [-0.2, -0.15) is 9.68 Å². The zero-order valence-electron chi connectivity index (χ0n) is 9.35. The molecular weight excluding hydrogens is 190 g/mol. The molecule has 0 bridgehead atoms. The number of hydroxylamine groups is 2. The van der Waals surface area contributed by atoms with Crippen LogP contribution in [0.4, 0.5) is 5.69 Å². The van der Waals surface area contributed by atoms with Crippen molar-refractivity contribution in [2.45, 2.75) is 13.8 Å². The van der Waals surface area contributed by atoms with Crippen molar-refractivity contribution in [1.82, 2.24) is 4.81 Å². The molecule has 0 aliphatic rings. The number of para-hydroxylation sites is 1. The number of quaternary nitrogens is 1. The average molecular weight is 208 g/mol. The minimum atomic E-state index is -0.0894. The highest BCUT2D eigenvalue weighted by atomic mass is 17.0. The van der Waals surface area contributed by atoms with Crippen molar-refractivity contribution < 1.29 is 9.68 Å². The van der Waals surface area contributed by atoms with Crippen LogP contribution in [-0.2, 0) is 9.68 Å². The molecule has 0 aromatic heterocycles. The fourth-order valence-electron chi connectivity index (χ4n) is 1.42. The lowest BCUT2D eigenvalue weighted by Gasteiger charge is -2.26. The first-order valence-corrected chi connectivity index (χ1v) is 5.16. The van der Waals surface area contributed by atoms with Crippen molar-refractivity contribution >= 4 is 5.69 Å². The number of nitrogens with zero attached hydrogens (tertiary/aromatic N) is 1. The Morgan fingerprint density at radius 3 is 2.07 bits per heavy atom. The van der Waals surface area contributed by atoms with Gasteiger partial charge in [0.15, 0.2) is 6.20 Å². The van der Waals surface area contributed by atoms with Crippen molar-refractivity contribution in [1.29, 1.82) is 0 Å². The first-order valence-electron chi connectivity index (χ1n) is 5.16. The number of hydrogen-bond donors (Lipinski definition) is 0. The van der Waals surface area contributed by atoms with Gasteiger partial charge in [0.05, 0.1) is 0 Å². The van der Waals surface area contributed by atoms with E-state index in [0.717, 1.165) is 5.69 Å². The third-order valence-electron chi connectivity index (χ3n) is 2.00. The normalized spacial score (nSPS) is 11.3. The van der Waals surface area contributed by atoms with Crippen LogP contribution in [0.1, 0.15) is 13.8 Å². The molecule has 0 N–H and O–H groups in total. The lowest BCUT2D eigenvalue weighted by atomic mass is 10.3. The van der Waals surface area contributed by atoms with E-state index in [9.17, 15) is 0 Å². The standard InChI is InChI=1S/C12H18NO2/c1-4-13(14-5-2,15-6-3)12-10-8-7-9-11-12/h4,7-11H,1,5-6H2,2-3H3/q+1. The highest BCUT2D eigenvalue weighted by Crippen LogP contribution is 2.24. The topological polar surface area (TPSA) is 18.5 Å². The lowest BCUT2D eigenvalue weighted by molar-refractivity contribution is -0.317. The maximum Gasteiger partial charge on any atom is 0.205 e. The molecule has 0 unspecified atom stereocenters. The molecular formula is C12H18NO2+. The van der Waals surface area contributed by atoms with Crippen LogP contribution in [0.5, 0.6) is 0 Å². The smallest absolute Gasteiger partial charge is 0.157 e. The fourth-order valence-corrected chi connectivity index (χ4v) is 1.42. The molecule has 82 valence electrons. The maximum atomic E-state index is 5.60. The zero-order valence-corrected chi connectivity index (χ0v) is 9.35. The van der Waals surface area contributed by atoms with E-state index in [2.05, 4.69) is 6.58 Å². The molecule has 15 heavy (non-hydrogen) atoms. The third-order valence-corrected chi connectivity index (χ3v) is 2.00. The van der Waals surface area contributed by atoms with Crippen LogP contribution >= 0.6 is 0 Å². The van der Waals surface area contributed by atoms with Gasteiger partial charge in [-0.25, -0.2) is 0 Å². The van der Waals surface area contributed by atoms with Gasteiger partial charge in [0.1, 0.15) is 13.2 Å². The first kappa shape index (κ1) is 11.9. The van der Waals surface area contributed by atoms with Crippen LogP contribution in [-0.4, -0.2) is 13.2 Å². The minimum Gasteiger partial charge on any atom is -0.157 e. The van der Waals surface area contributed by atoms with Crippen LogP contribution in [0.15, 0.2) is 43.1 Å². The summed E-state index contributed by atoms with van der Waals surface area (Å²) in [5.74, 6) is 0. The van der Waals surface area contributed by atoms with Gasteiger partial charge in [-0.05, 0) is 20.4 Å². The summed E-state index contributed by atoms with van der Waals surface area (Å²) in [5.41, 5.74) is 0.913. The second-order valence-corrected chi connectivity index (χ2v) is 2.95. The van der Waals surface area contributed by atoms with E-state index in [4.69, 9.17) is 9.68 Å². The second kappa shape index (κ2) is 5.66. The predicted molar refractivity (Wildman–Crippen MR) is 61.7 cm³/mol. The SMILES string of the molecule is C=C[N+](OCC)(OCC)c1ccccc1. The third kappa shape index (κ3) is 2.65. The van der Waals surface area contributed by atoms with Gasteiger partial charge in [0, 0.05) is 16.9 Å². The molecule has 0 spiro atoms. The Bertz CT molecular complexity index is 292. The molecule has 0 saturated heterocycles. The molecule has 3 nitrogen and oxygen atoms in total. The zero-order chi connectivity index (χ0) is 11.1. The summed E-state index contributed by atoms with van der Waals surface area (Å²) in [5, 5.41) is 0. The molecule has 3 heteroatoms. The van der Waals surface area contributed by atoms with E-state index in [1.54, 1.807) is 6.20 Å². The van der Waals surface area contributed by atoms with Crippen molar-refractivity contribution in [2.75, 3.05) is 13.2 Å². The summed E-state index contributed by atoms with van der Waals surface area (Å²) in [7, 11) is 0. The quantitative estimate of drug-likeness (QED) is 0.528. The predicted octanol–water partition coefficient (Wildman–Crippen LogP) is 3.04. The molecule has 0 heterocycles. The van der Waals surface area contributed by atoms with Gasteiger partial charge in [-0.1, -0.05) is 18.2 Å². The molecule has 1 aromatic carbocycles. The Morgan fingerprint density at radius 1 is 1.13 bits per heavy atom. The van der Waals surface area contributed by atoms with E-state index >= 15 is 0 Å². The molecule has 0 radical (unpaired) electrons. The Hall–Kier alpha value is -1.16. The first-order chi connectivity index (χ1) is 7.29. The molecule has 1 aromatic rings. The Morgan fingerprint density at radius 2 is 1.67 bits per heavy atom. The van der Waals surface area contributed by atoms with Crippen molar-refractivity contribution in [3.63, 3.8) is 0 Å². The van der Waals surface area contributed by atoms with E-state index < -0.39 is 0 Å². The highest BCUT2D eigenvalue weighted by molar-refractivity contribution is 5.40. The van der Waals surface area contributed by atoms with E-state index in [1.165, 1.54) is 0 Å². The summed E-state index contributed by atoms with van der Waals surface area (Å²) < 4.78 is 0. The number of rotatable bonds is 6. The number of benzene rings is 1. The van der Waals surface area contributed by atoms with Crippen LogP contribution in [0.25, 0.3) is 0 Å². The fraction of sp³-hybridized carbons (Fsp3) is 0.333. The Balaban J connectivity index is 3.03. The highest BCUT2D eigenvalue weighted by Gasteiger charge is 2.31. The molecule has 0 amide bonds. The van der Waals surface area contributed by atoms with E-state index in [-0.39, 0.29) is 4.81 Å². The minimum absolute atomic E-state index is 0.0894. The largest absolute Gasteiger partial charge is 0.205 e. The summed E-state index contributed by atoms with van der Waals surface area (Å²) in [6.45, 7) is 8.74. The van der Waals surface area contributed by atoms with Gasteiger partial charge in [0.25, 0.3) is 0 Å². The van der Waals surface area contributed by atoms with Gasteiger partial charge in [-0.3, -0.25) is 0 Å². The maximum absolute atomic E-state index is 5.60. The molecule has 0 saturated carbocycles. The summed E-state index contributed by atoms with van der Waals surface area (Å²) in [6, 6.07) is 9.76. The van der Waals surface area contributed by atoms with E-state index in [0.29, 0.717) is 13.2 Å². The van der Waals surface area contributed by atoms with Crippen molar-refractivity contribution in [3.8, 4) is 0 Å². The van der Waals surface area contributed by atoms with Gasteiger partial charge >= 0.3 is 0 Å². The molecule has 1 rings (SSSR count). The van der Waals surface area contributed by atoms with Gasteiger partial charge in [-0.15, -0.1) is 0 Å². The summed E-state index contributed by atoms with van der Waals surface area (Å²) in [4.78, 5) is 11.1. The van der Waals surface area contributed by atoms with Crippen molar-refractivity contribution in [2.24, 2.45) is 0 Å². The van der Waals surface area contributed by atoms with Crippen molar-refractivity contribution in [3.05, 3.63) is 43.1 Å². The van der Waals surface area contributed by atoms with E-state index in [1.807, 2.05) is 44.2 Å². The van der Waals surface area contributed by atoms with Gasteiger partial charge < -0.3 is 0 Å². The van der Waals surface area contributed by atoms with Gasteiger partial charge in [0.2, 0.25) is 5.69 Å². The molecule has 0 aliphatic heterocycles. The van der Waals surface area contributed by atoms with Crippen LogP contribution in [0, 0.1) is 0 Å². The number of hydrogen-bond acceptors (Lipinski definition) is 2. The van der Waals surface area contributed by atoms with Crippen LogP contribution in [0.3, 0.4) is 0 Å².